The van der Waals surface area contributed by atoms with E-state index in [4.69, 9.17) is 0 Å². The molecule has 0 aliphatic carbocycles. The van der Waals surface area contributed by atoms with Crippen molar-refractivity contribution in [1.29, 1.82) is 0 Å². The van der Waals surface area contributed by atoms with Crippen LogP contribution < -0.4 is 10.7 Å². The molecular formula is C23H21N3O3. The monoisotopic (exact) mass is 387 g/mol. The van der Waals surface area contributed by atoms with Crippen molar-refractivity contribution in [1.82, 2.24) is 5.43 Å². The highest BCUT2D eigenvalue weighted by molar-refractivity contribution is 6.05. The minimum absolute atomic E-state index is 0.105. The average Bonchev–Trinajstić information content (AvgIpc) is 2.73. The Bertz CT molecular complexity index is 1060. The van der Waals surface area contributed by atoms with Crippen LogP contribution in [0.25, 0.3) is 0 Å². The number of benzene rings is 3. The first-order valence-corrected chi connectivity index (χ1v) is 9.05. The zero-order valence-electron chi connectivity index (χ0n) is 16.1. The third-order valence-corrected chi connectivity index (χ3v) is 4.35. The fourth-order valence-corrected chi connectivity index (χ4v) is 2.63. The molecule has 0 heterocycles. The van der Waals surface area contributed by atoms with Crippen molar-refractivity contribution in [2.75, 3.05) is 5.32 Å². The van der Waals surface area contributed by atoms with Crippen LogP contribution in [-0.4, -0.2) is 22.6 Å². The van der Waals surface area contributed by atoms with E-state index < -0.39 is 5.91 Å². The molecule has 0 radical (unpaired) electrons. The molecule has 3 N–H and O–H groups in total. The molecule has 0 bridgehead atoms. The Hall–Kier alpha value is -3.93. The molecule has 146 valence electrons. The normalized spacial score (nSPS) is 11.0. The first-order valence-electron chi connectivity index (χ1n) is 9.05. The van der Waals surface area contributed by atoms with Gasteiger partial charge in [-0.05, 0) is 55.8 Å². The first kappa shape index (κ1) is 19.8. The Balaban J connectivity index is 1.63. The van der Waals surface area contributed by atoms with Gasteiger partial charge in [-0.3, -0.25) is 9.59 Å². The molecule has 0 aliphatic rings. The maximum Gasteiger partial charge on any atom is 0.275 e. The van der Waals surface area contributed by atoms with Crippen LogP contribution in [0.5, 0.6) is 5.75 Å². The summed E-state index contributed by atoms with van der Waals surface area (Å²) in [6, 6.07) is 20.7. The average molecular weight is 387 g/mol. The van der Waals surface area contributed by atoms with E-state index in [1.807, 2.05) is 19.1 Å². The van der Waals surface area contributed by atoms with Crippen LogP contribution in [0, 0.1) is 6.92 Å². The molecular weight excluding hydrogens is 366 g/mol. The van der Waals surface area contributed by atoms with E-state index in [1.165, 1.54) is 12.1 Å². The molecule has 0 fully saturated rings. The third kappa shape index (κ3) is 5.07. The SMILES string of the molecule is C/C(=N/NC(=O)c1ccccc1O)c1ccc(NC(=O)c2ccc(C)cc2)cc1. The molecule has 2 amide bonds. The van der Waals surface area contributed by atoms with Gasteiger partial charge in [0.1, 0.15) is 5.75 Å². The number of phenols is 1. The minimum Gasteiger partial charge on any atom is -0.507 e. The lowest BCUT2D eigenvalue weighted by atomic mass is 10.1. The van der Waals surface area contributed by atoms with Crippen LogP contribution in [0.15, 0.2) is 77.9 Å². The number of nitrogens with zero attached hydrogens (tertiary/aromatic N) is 1. The predicted octanol–water partition coefficient (Wildman–Crippen LogP) is 4.11. The summed E-state index contributed by atoms with van der Waals surface area (Å²) in [5, 5.41) is 16.6. The van der Waals surface area contributed by atoms with Gasteiger partial charge in [0, 0.05) is 11.3 Å². The summed E-state index contributed by atoms with van der Waals surface area (Å²) in [5.74, 6) is -0.783. The number of hydrazone groups is 1. The highest BCUT2D eigenvalue weighted by Gasteiger charge is 2.10. The highest BCUT2D eigenvalue weighted by Crippen LogP contribution is 2.15. The fourth-order valence-electron chi connectivity index (χ4n) is 2.63. The van der Waals surface area contributed by atoms with E-state index >= 15 is 0 Å². The summed E-state index contributed by atoms with van der Waals surface area (Å²) in [6.07, 6.45) is 0. The molecule has 0 atom stereocenters. The molecule has 0 aromatic heterocycles. The van der Waals surface area contributed by atoms with Gasteiger partial charge in [0.05, 0.1) is 11.3 Å². The van der Waals surface area contributed by atoms with E-state index in [9.17, 15) is 14.7 Å². The largest absolute Gasteiger partial charge is 0.507 e. The van der Waals surface area contributed by atoms with Gasteiger partial charge >= 0.3 is 0 Å². The lowest BCUT2D eigenvalue weighted by Crippen LogP contribution is -2.19. The van der Waals surface area contributed by atoms with Crippen molar-refractivity contribution in [2.24, 2.45) is 5.10 Å². The summed E-state index contributed by atoms with van der Waals surface area (Å²) in [4.78, 5) is 24.4. The van der Waals surface area contributed by atoms with Crippen LogP contribution >= 0.6 is 0 Å². The van der Waals surface area contributed by atoms with Crippen molar-refractivity contribution >= 4 is 23.2 Å². The summed E-state index contributed by atoms with van der Waals surface area (Å²) < 4.78 is 0. The van der Waals surface area contributed by atoms with Gasteiger partial charge in [-0.15, -0.1) is 0 Å². The van der Waals surface area contributed by atoms with Gasteiger partial charge in [0.2, 0.25) is 0 Å². The molecule has 29 heavy (non-hydrogen) atoms. The van der Waals surface area contributed by atoms with Gasteiger partial charge in [-0.1, -0.05) is 42.0 Å². The molecule has 0 saturated carbocycles. The molecule has 3 rings (SSSR count). The van der Waals surface area contributed by atoms with Crippen molar-refractivity contribution in [2.45, 2.75) is 13.8 Å². The van der Waals surface area contributed by atoms with Crippen LogP contribution in [0.4, 0.5) is 5.69 Å². The van der Waals surface area contributed by atoms with Gasteiger partial charge in [0.15, 0.2) is 0 Å². The molecule has 6 heteroatoms. The van der Waals surface area contributed by atoms with Crippen molar-refractivity contribution < 1.29 is 14.7 Å². The van der Waals surface area contributed by atoms with E-state index in [2.05, 4.69) is 15.8 Å². The predicted molar refractivity (Wildman–Crippen MR) is 113 cm³/mol. The number of rotatable bonds is 5. The van der Waals surface area contributed by atoms with Gasteiger partial charge in [-0.25, -0.2) is 5.43 Å². The Morgan fingerprint density at radius 3 is 2.10 bits per heavy atom. The lowest BCUT2D eigenvalue weighted by molar-refractivity contribution is 0.0951. The minimum atomic E-state index is -0.496. The van der Waals surface area contributed by atoms with Crippen LogP contribution in [0.1, 0.15) is 38.8 Å². The third-order valence-electron chi connectivity index (χ3n) is 4.35. The Morgan fingerprint density at radius 2 is 1.45 bits per heavy atom. The second-order valence-electron chi connectivity index (χ2n) is 6.55. The number of aromatic hydroxyl groups is 1. The van der Waals surface area contributed by atoms with Crippen molar-refractivity contribution in [3.8, 4) is 5.75 Å². The molecule has 0 unspecified atom stereocenters. The summed E-state index contributed by atoms with van der Waals surface area (Å²) in [6.45, 7) is 3.72. The second kappa shape index (κ2) is 8.84. The Kier molecular flexibility index (Phi) is 6.04. The fraction of sp³-hybridized carbons (Fsp3) is 0.0870. The van der Waals surface area contributed by atoms with Crippen molar-refractivity contribution in [3.63, 3.8) is 0 Å². The maximum atomic E-state index is 12.3. The smallest absolute Gasteiger partial charge is 0.275 e. The number of hydrogen-bond acceptors (Lipinski definition) is 4. The van der Waals surface area contributed by atoms with E-state index in [-0.39, 0.29) is 17.2 Å². The second-order valence-corrected chi connectivity index (χ2v) is 6.55. The molecule has 3 aromatic rings. The number of nitrogens with one attached hydrogen (secondary N) is 2. The number of para-hydroxylation sites is 1. The van der Waals surface area contributed by atoms with Crippen LogP contribution in [-0.2, 0) is 0 Å². The van der Waals surface area contributed by atoms with Crippen LogP contribution in [0.3, 0.4) is 0 Å². The number of aryl methyl sites for hydroxylation is 1. The Morgan fingerprint density at radius 1 is 0.828 bits per heavy atom. The molecule has 3 aromatic carbocycles. The van der Waals surface area contributed by atoms with Gasteiger partial charge < -0.3 is 10.4 Å². The molecule has 0 spiro atoms. The van der Waals surface area contributed by atoms with Gasteiger partial charge in [-0.2, -0.15) is 5.10 Å². The number of carbonyl (C=O) groups is 2. The molecule has 0 aliphatic heterocycles. The number of phenolic OH excluding ortho intramolecular Hbond substituents is 1. The number of hydrogen-bond donors (Lipinski definition) is 3. The molecule has 6 nitrogen and oxygen atoms in total. The zero-order valence-corrected chi connectivity index (χ0v) is 16.1. The lowest BCUT2D eigenvalue weighted by Gasteiger charge is -2.08. The quantitative estimate of drug-likeness (QED) is 0.455. The van der Waals surface area contributed by atoms with Crippen molar-refractivity contribution in [3.05, 3.63) is 95.1 Å². The summed E-state index contributed by atoms with van der Waals surface area (Å²) >= 11 is 0. The van der Waals surface area contributed by atoms with E-state index in [0.717, 1.165) is 11.1 Å². The first-order chi connectivity index (χ1) is 13.9. The van der Waals surface area contributed by atoms with Gasteiger partial charge in [0.25, 0.3) is 11.8 Å². The van der Waals surface area contributed by atoms with Crippen LogP contribution in [0.2, 0.25) is 0 Å². The standard InChI is InChI=1S/C23H21N3O3/c1-15-7-9-18(10-8-15)22(28)24-19-13-11-17(12-14-19)16(2)25-26-23(29)20-5-3-4-6-21(20)27/h3-14,27H,1-2H3,(H,24,28)(H,26,29)/b25-16-. The van der Waals surface area contributed by atoms with E-state index in [1.54, 1.807) is 55.5 Å². The summed E-state index contributed by atoms with van der Waals surface area (Å²) in [7, 11) is 0. The topological polar surface area (TPSA) is 90.8 Å². The maximum absolute atomic E-state index is 12.3. The number of anilines is 1. The number of carbonyl (C=O) groups excluding carboxylic acids is 2. The zero-order chi connectivity index (χ0) is 20.8. The highest BCUT2D eigenvalue weighted by atomic mass is 16.3. The Labute approximate surface area is 168 Å². The molecule has 0 saturated heterocycles. The summed E-state index contributed by atoms with van der Waals surface area (Å²) in [5.41, 5.74) is 6.30. The number of amides is 2. The van der Waals surface area contributed by atoms with E-state index in [0.29, 0.717) is 17.0 Å².